The summed E-state index contributed by atoms with van der Waals surface area (Å²) in [5, 5.41) is 7.74. The maximum absolute atomic E-state index is 5.99. The summed E-state index contributed by atoms with van der Waals surface area (Å²) in [5.41, 5.74) is 2.92. The second-order valence-corrected chi connectivity index (χ2v) is 6.69. The number of hydrogen-bond donors (Lipinski definition) is 2. The van der Waals surface area contributed by atoms with Crippen molar-refractivity contribution < 1.29 is 18.6 Å². The molecule has 1 heterocycles. The largest absolute Gasteiger partial charge is 0.493 e. The minimum Gasteiger partial charge on any atom is -0.493 e. The Labute approximate surface area is 177 Å². The normalized spacial score (nSPS) is 11.4. The summed E-state index contributed by atoms with van der Waals surface area (Å²) in [4.78, 5) is 4.70. The fourth-order valence-corrected chi connectivity index (χ4v) is 3.35. The molecule has 3 rings (SSSR count). The lowest BCUT2D eigenvalue weighted by molar-refractivity contribution is 0.322. The van der Waals surface area contributed by atoms with E-state index < -0.39 is 0 Å². The van der Waals surface area contributed by atoms with Crippen LogP contribution in [0.2, 0.25) is 0 Å². The minimum atomic E-state index is 0.415. The van der Waals surface area contributed by atoms with E-state index in [1.165, 1.54) is 0 Å². The first-order valence-electron chi connectivity index (χ1n) is 9.89. The predicted molar refractivity (Wildman–Crippen MR) is 119 cm³/mol. The van der Waals surface area contributed by atoms with Gasteiger partial charge >= 0.3 is 0 Å². The van der Waals surface area contributed by atoms with Crippen LogP contribution in [0, 0.1) is 6.92 Å². The third kappa shape index (κ3) is 4.45. The maximum Gasteiger partial charge on any atom is 0.203 e. The van der Waals surface area contributed by atoms with Crippen molar-refractivity contribution in [3.8, 4) is 17.2 Å². The SMILES string of the molecule is CCNC(=NCc1ccc(OC)c(OC)c1OC)NCc1oc2ccccc2c1C. The number of nitrogens with zero attached hydrogens (tertiary/aromatic N) is 1. The molecule has 0 saturated carbocycles. The van der Waals surface area contributed by atoms with Crippen molar-refractivity contribution in [2.75, 3.05) is 27.9 Å². The van der Waals surface area contributed by atoms with E-state index in [1.54, 1.807) is 21.3 Å². The molecule has 160 valence electrons. The molecular formula is C23H29N3O4. The molecule has 0 unspecified atom stereocenters. The molecule has 0 aliphatic carbocycles. The Morgan fingerprint density at radius 1 is 0.967 bits per heavy atom. The second-order valence-electron chi connectivity index (χ2n) is 6.69. The van der Waals surface area contributed by atoms with Gasteiger partial charge in [-0.25, -0.2) is 4.99 Å². The standard InChI is InChI=1S/C23H29N3O4/c1-6-24-23(26-14-20-15(2)17-9-7-8-10-18(17)30-20)25-13-16-11-12-19(27-3)22(29-5)21(16)28-4/h7-12H,6,13-14H2,1-5H3,(H2,24,25,26). The Kier molecular flexibility index (Phi) is 7.06. The highest BCUT2D eigenvalue weighted by atomic mass is 16.5. The molecule has 0 radical (unpaired) electrons. The molecule has 0 amide bonds. The van der Waals surface area contributed by atoms with Gasteiger partial charge in [-0.2, -0.15) is 0 Å². The van der Waals surface area contributed by atoms with Crippen LogP contribution in [-0.2, 0) is 13.1 Å². The van der Waals surface area contributed by atoms with Crippen molar-refractivity contribution in [3.63, 3.8) is 0 Å². The van der Waals surface area contributed by atoms with Crippen molar-refractivity contribution in [1.82, 2.24) is 10.6 Å². The number of ether oxygens (including phenoxy) is 3. The smallest absolute Gasteiger partial charge is 0.203 e. The van der Waals surface area contributed by atoms with Crippen LogP contribution < -0.4 is 24.8 Å². The first-order chi connectivity index (χ1) is 14.6. The highest BCUT2D eigenvalue weighted by Crippen LogP contribution is 2.39. The molecule has 0 saturated heterocycles. The quantitative estimate of drug-likeness (QED) is 0.431. The number of benzene rings is 2. The van der Waals surface area contributed by atoms with Crippen LogP contribution >= 0.6 is 0 Å². The van der Waals surface area contributed by atoms with Gasteiger partial charge in [0, 0.05) is 23.1 Å². The number of aryl methyl sites for hydroxylation is 1. The zero-order valence-corrected chi connectivity index (χ0v) is 18.2. The molecule has 0 atom stereocenters. The Hall–Kier alpha value is -3.35. The summed E-state index contributed by atoms with van der Waals surface area (Å²) >= 11 is 0. The lowest BCUT2D eigenvalue weighted by Gasteiger charge is -2.15. The van der Waals surface area contributed by atoms with Crippen LogP contribution in [0.1, 0.15) is 23.8 Å². The predicted octanol–water partition coefficient (Wildman–Crippen LogP) is 4.02. The minimum absolute atomic E-state index is 0.415. The van der Waals surface area contributed by atoms with Crippen LogP contribution in [0.25, 0.3) is 11.0 Å². The van der Waals surface area contributed by atoms with Crippen LogP contribution in [0.5, 0.6) is 17.2 Å². The average Bonchev–Trinajstić information content (AvgIpc) is 3.10. The Morgan fingerprint density at radius 3 is 2.40 bits per heavy atom. The van der Waals surface area contributed by atoms with Gasteiger partial charge in [0.2, 0.25) is 5.75 Å². The first-order valence-corrected chi connectivity index (χ1v) is 9.89. The first kappa shape index (κ1) is 21.4. The Balaban J connectivity index is 1.78. The van der Waals surface area contributed by atoms with Crippen molar-refractivity contribution in [1.29, 1.82) is 0 Å². The number of guanidine groups is 1. The highest BCUT2D eigenvalue weighted by molar-refractivity contribution is 5.83. The van der Waals surface area contributed by atoms with Crippen molar-refractivity contribution in [2.45, 2.75) is 26.9 Å². The van der Waals surface area contributed by atoms with E-state index in [0.29, 0.717) is 36.3 Å². The molecule has 2 aromatic carbocycles. The van der Waals surface area contributed by atoms with Crippen LogP contribution in [0.3, 0.4) is 0 Å². The Bertz CT molecular complexity index is 1030. The van der Waals surface area contributed by atoms with Gasteiger partial charge in [0.25, 0.3) is 0 Å². The van der Waals surface area contributed by atoms with E-state index in [0.717, 1.165) is 34.4 Å². The van der Waals surface area contributed by atoms with Crippen LogP contribution in [-0.4, -0.2) is 33.8 Å². The number of para-hydroxylation sites is 1. The molecule has 0 aliphatic rings. The van der Waals surface area contributed by atoms with E-state index in [-0.39, 0.29) is 0 Å². The summed E-state index contributed by atoms with van der Waals surface area (Å²) in [6.45, 7) is 5.80. The molecule has 0 spiro atoms. The van der Waals surface area contributed by atoms with E-state index >= 15 is 0 Å². The number of furan rings is 1. The topological polar surface area (TPSA) is 77.3 Å². The van der Waals surface area contributed by atoms with Crippen molar-refractivity contribution in [2.24, 2.45) is 4.99 Å². The summed E-state index contributed by atoms with van der Waals surface area (Å²) in [6.07, 6.45) is 0. The number of fused-ring (bicyclic) bond motifs is 1. The summed E-state index contributed by atoms with van der Waals surface area (Å²) in [5.74, 6) is 3.38. The third-order valence-corrected chi connectivity index (χ3v) is 4.90. The lowest BCUT2D eigenvalue weighted by Crippen LogP contribution is -2.36. The number of methoxy groups -OCH3 is 3. The van der Waals surface area contributed by atoms with Crippen molar-refractivity contribution >= 4 is 16.9 Å². The zero-order chi connectivity index (χ0) is 21.5. The van der Waals surface area contributed by atoms with Gasteiger partial charge in [-0.1, -0.05) is 18.2 Å². The monoisotopic (exact) mass is 411 g/mol. The number of hydrogen-bond acceptors (Lipinski definition) is 5. The molecule has 2 N–H and O–H groups in total. The number of aliphatic imine (C=N–C) groups is 1. The summed E-state index contributed by atoms with van der Waals surface area (Å²) in [6, 6.07) is 11.8. The van der Waals surface area contributed by atoms with E-state index in [2.05, 4.69) is 23.6 Å². The van der Waals surface area contributed by atoms with Gasteiger partial charge in [0.15, 0.2) is 17.5 Å². The summed E-state index contributed by atoms with van der Waals surface area (Å²) < 4.78 is 22.3. The Morgan fingerprint density at radius 2 is 1.73 bits per heavy atom. The molecule has 7 heteroatoms. The van der Waals surface area contributed by atoms with Crippen molar-refractivity contribution in [3.05, 3.63) is 53.3 Å². The van der Waals surface area contributed by atoms with E-state index in [9.17, 15) is 0 Å². The molecule has 0 fully saturated rings. The van der Waals surface area contributed by atoms with Gasteiger partial charge in [-0.3, -0.25) is 0 Å². The summed E-state index contributed by atoms with van der Waals surface area (Å²) in [7, 11) is 4.80. The molecule has 30 heavy (non-hydrogen) atoms. The molecule has 3 aromatic rings. The van der Waals surface area contributed by atoms with E-state index in [4.69, 9.17) is 23.6 Å². The van der Waals surface area contributed by atoms with Gasteiger partial charge in [0.1, 0.15) is 11.3 Å². The fraction of sp³-hybridized carbons (Fsp3) is 0.348. The van der Waals surface area contributed by atoms with Gasteiger partial charge in [0.05, 0.1) is 34.4 Å². The second kappa shape index (κ2) is 9.91. The molecular weight excluding hydrogens is 382 g/mol. The zero-order valence-electron chi connectivity index (χ0n) is 18.2. The molecule has 1 aromatic heterocycles. The van der Waals surface area contributed by atoms with Gasteiger partial charge < -0.3 is 29.3 Å². The van der Waals surface area contributed by atoms with Crippen LogP contribution in [0.4, 0.5) is 0 Å². The average molecular weight is 412 g/mol. The van der Waals surface area contributed by atoms with Gasteiger partial charge in [-0.15, -0.1) is 0 Å². The fourth-order valence-electron chi connectivity index (χ4n) is 3.35. The van der Waals surface area contributed by atoms with Gasteiger partial charge in [-0.05, 0) is 32.0 Å². The maximum atomic E-state index is 5.99. The third-order valence-electron chi connectivity index (χ3n) is 4.90. The number of rotatable bonds is 8. The molecule has 0 aliphatic heterocycles. The molecule has 0 bridgehead atoms. The lowest BCUT2D eigenvalue weighted by atomic mass is 10.1. The van der Waals surface area contributed by atoms with E-state index in [1.807, 2.05) is 37.3 Å². The number of nitrogens with one attached hydrogen (secondary N) is 2. The van der Waals surface area contributed by atoms with Crippen LogP contribution in [0.15, 0.2) is 45.8 Å². The molecule has 7 nitrogen and oxygen atoms in total. The highest BCUT2D eigenvalue weighted by Gasteiger charge is 2.16.